The molecule has 92 valence electrons. The van der Waals surface area contributed by atoms with E-state index in [-0.39, 0.29) is 11.5 Å². The molecule has 0 radical (unpaired) electrons. The van der Waals surface area contributed by atoms with Crippen LogP contribution >= 0.6 is 0 Å². The molecule has 0 spiro atoms. The minimum atomic E-state index is -0.923. The van der Waals surface area contributed by atoms with Crippen LogP contribution in [0.1, 0.15) is 17.3 Å². The van der Waals surface area contributed by atoms with Crippen LogP contribution < -0.4 is 4.74 Å². The summed E-state index contributed by atoms with van der Waals surface area (Å²) in [4.78, 5) is 20.1. The summed E-state index contributed by atoms with van der Waals surface area (Å²) in [6.07, 6.45) is 1.10. The zero-order valence-electron chi connectivity index (χ0n) is 9.67. The third-order valence-electron chi connectivity index (χ3n) is 1.59. The Morgan fingerprint density at radius 1 is 1.29 bits per heavy atom. The number of carbonyl (C=O) groups excluding carboxylic acids is 1. The van der Waals surface area contributed by atoms with Crippen LogP contribution in [0, 0.1) is 0 Å². The molecule has 0 aromatic heterocycles. The van der Waals surface area contributed by atoms with Gasteiger partial charge in [0.1, 0.15) is 5.75 Å². The number of esters is 1. The number of hydrogen-bond donors (Lipinski definition) is 1. The molecule has 0 unspecified atom stereocenters. The SMILES string of the molecule is C=COC(C)=O.COc1ccc(C(=O)O)cc1. The average Bonchev–Trinajstić information content (AvgIpc) is 2.29. The Labute approximate surface area is 99.3 Å². The van der Waals surface area contributed by atoms with Crippen molar-refractivity contribution in [2.75, 3.05) is 7.11 Å². The van der Waals surface area contributed by atoms with Crippen molar-refractivity contribution in [3.8, 4) is 5.75 Å². The standard InChI is InChI=1S/C8H8O3.C4H6O2/c1-11-7-4-2-6(3-5-7)8(9)10;1-3-6-4(2)5/h2-5H,1H3,(H,9,10);3H,1H2,2H3. The molecular formula is C12H14O5. The summed E-state index contributed by atoms with van der Waals surface area (Å²) in [5, 5.41) is 8.51. The molecule has 1 aromatic carbocycles. The van der Waals surface area contributed by atoms with Crippen molar-refractivity contribution >= 4 is 11.9 Å². The van der Waals surface area contributed by atoms with Gasteiger partial charge in [-0.25, -0.2) is 4.79 Å². The number of carbonyl (C=O) groups is 2. The van der Waals surface area contributed by atoms with Crippen molar-refractivity contribution in [2.24, 2.45) is 0 Å². The first-order chi connectivity index (χ1) is 8.01. The number of benzene rings is 1. The quantitative estimate of drug-likeness (QED) is 0.644. The lowest BCUT2D eigenvalue weighted by Gasteiger charge is -1.98. The first kappa shape index (κ1) is 14.7. The molecule has 0 amide bonds. The lowest BCUT2D eigenvalue weighted by molar-refractivity contribution is -0.135. The summed E-state index contributed by atoms with van der Waals surface area (Å²) in [5.74, 6) is -0.590. The van der Waals surface area contributed by atoms with E-state index in [4.69, 9.17) is 9.84 Å². The molecule has 17 heavy (non-hydrogen) atoms. The van der Waals surface area contributed by atoms with Crippen LogP contribution in [-0.4, -0.2) is 24.2 Å². The Morgan fingerprint density at radius 3 is 2.06 bits per heavy atom. The summed E-state index contributed by atoms with van der Waals surface area (Å²) in [7, 11) is 1.54. The van der Waals surface area contributed by atoms with Gasteiger partial charge in [-0.1, -0.05) is 6.58 Å². The van der Waals surface area contributed by atoms with E-state index < -0.39 is 5.97 Å². The Balaban J connectivity index is 0.000000366. The van der Waals surface area contributed by atoms with E-state index >= 15 is 0 Å². The van der Waals surface area contributed by atoms with Crippen LogP contribution in [0.3, 0.4) is 0 Å². The second-order valence-corrected chi connectivity index (χ2v) is 2.81. The van der Waals surface area contributed by atoms with Crippen molar-refractivity contribution in [3.63, 3.8) is 0 Å². The normalized spacial score (nSPS) is 8.35. The summed E-state index contributed by atoms with van der Waals surface area (Å²) in [6.45, 7) is 4.48. The number of methoxy groups -OCH3 is 1. The number of carboxylic acid groups (broad SMARTS) is 1. The summed E-state index contributed by atoms with van der Waals surface area (Å²) in [5.41, 5.74) is 0.269. The van der Waals surface area contributed by atoms with Crippen LogP contribution in [0.25, 0.3) is 0 Å². The second-order valence-electron chi connectivity index (χ2n) is 2.81. The third-order valence-corrected chi connectivity index (χ3v) is 1.59. The molecule has 0 saturated heterocycles. The maximum absolute atomic E-state index is 10.4. The van der Waals surface area contributed by atoms with E-state index in [1.165, 1.54) is 26.2 Å². The van der Waals surface area contributed by atoms with Crippen molar-refractivity contribution < 1.29 is 24.2 Å². The summed E-state index contributed by atoms with van der Waals surface area (Å²) < 4.78 is 9.02. The monoisotopic (exact) mass is 238 g/mol. The molecule has 0 aliphatic heterocycles. The van der Waals surface area contributed by atoms with Crippen LogP contribution in [0.4, 0.5) is 0 Å². The number of aromatic carboxylic acids is 1. The van der Waals surface area contributed by atoms with Crippen LogP contribution in [0.15, 0.2) is 37.1 Å². The maximum atomic E-state index is 10.4. The second kappa shape index (κ2) is 7.92. The highest BCUT2D eigenvalue weighted by atomic mass is 16.5. The van der Waals surface area contributed by atoms with Gasteiger partial charge in [0.2, 0.25) is 0 Å². The van der Waals surface area contributed by atoms with Crippen LogP contribution in [0.5, 0.6) is 5.75 Å². The Kier molecular flexibility index (Phi) is 6.85. The van der Waals surface area contributed by atoms with Gasteiger partial charge in [-0.15, -0.1) is 0 Å². The van der Waals surface area contributed by atoms with Gasteiger partial charge in [-0.05, 0) is 24.3 Å². The maximum Gasteiger partial charge on any atom is 0.335 e. The lowest BCUT2D eigenvalue weighted by atomic mass is 10.2. The third kappa shape index (κ3) is 6.72. The first-order valence-electron chi connectivity index (χ1n) is 4.66. The smallest absolute Gasteiger partial charge is 0.335 e. The van der Waals surface area contributed by atoms with Gasteiger partial charge in [0.25, 0.3) is 0 Å². The number of ether oxygens (including phenoxy) is 2. The Hall–Kier alpha value is -2.30. The molecule has 0 heterocycles. The van der Waals surface area contributed by atoms with Gasteiger partial charge < -0.3 is 14.6 Å². The summed E-state index contributed by atoms with van der Waals surface area (Å²) in [6, 6.07) is 6.23. The van der Waals surface area contributed by atoms with Crippen LogP contribution in [0.2, 0.25) is 0 Å². The van der Waals surface area contributed by atoms with Gasteiger partial charge in [0, 0.05) is 6.92 Å². The topological polar surface area (TPSA) is 72.8 Å². The molecule has 0 atom stereocenters. The fourth-order valence-electron chi connectivity index (χ4n) is 0.851. The molecule has 5 heteroatoms. The van der Waals surface area contributed by atoms with E-state index in [0.717, 1.165) is 6.26 Å². The van der Waals surface area contributed by atoms with Gasteiger partial charge in [0.05, 0.1) is 18.9 Å². The molecule has 0 bridgehead atoms. The molecule has 5 nitrogen and oxygen atoms in total. The van der Waals surface area contributed by atoms with E-state index in [1.807, 2.05) is 0 Å². The lowest BCUT2D eigenvalue weighted by Crippen LogP contribution is -1.95. The fraction of sp³-hybridized carbons (Fsp3) is 0.167. The highest BCUT2D eigenvalue weighted by Gasteiger charge is 2.00. The first-order valence-corrected chi connectivity index (χ1v) is 4.66. The largest absolute Gasteiger partial charge is 0.497 e. The molecule has 1 aromatic rings. The molecule has 0 aliphatic carbocycles. The number of rotatable bonds is 3. The molecule has 1 N–H and O–H groups in total. The van der Waals surface area contributed by atoms with Crippen LogP contribution in [-0.2, 0) is 9.53 Å². The van der Waals surface area contributed by atoms with Crippen molar-refractivity contribution in [3.05, 3.63) is 42.7 Å². The number of carboxylic acids is 1. The molecule has 0 aliphatic rings. The predicted molar refractivity (Wildman–Crippen MR) is 61.9 cm³/mol. The Morgan fingerprint density at radius 2 is 1.82 bits per heavy atom. The van der Waals surface area contributed by atoms with Gasteiger partial charge in [0.15, 0.2) is 0 Å². The van der Waals surface area contributed by atoms with E-state index in [2.05, 4.69) is 11.3 Å². The van der Waals surface area contributed by atoms with Gasteiger partial charge in [-0.3, -0.25) is 4.79 Å². The molecule has 0 saturated carbocycles. The fourth-order valence-corrected chi connectivity index (χ4v) is 0.851. The molecule has 0 fully saturated rings. The highest BCUT2D eigenvalue weighted by Crippen LogP contribution is 2.10. The average molecular weight is 238 g/mol. The minimum absolute atomic E-state index is 0.269. The summed E-state index contributed by atoms with van der Waals surface area (Å²) >= 11 is 0. The minimum Gasteiger partial charge on any atom is -0.497 e. The van der Waals surface area contributed by atoms with Crippen molar-refractivity contribution in [1.29, 1.82) is 0 Å². The van der Waals surface area contributed by atoms with E-state index in [0.29, 0.717) is 5.75 Å². The van der Waals surface area contributed by atoms with E-state index in [1.54, 1.807) is 12.1 Å². The Bertz CT molecular complexity index is 380. The van der Waals surface area contributed by atoms with Crippen molar-refractivity contribution in [2.45, 2.75) is 6.92 Å². The van der Waals surface area contributed by atoms with E-state index in [9.17, 15) is 9.59 Å². The highest BCUT2D eigenvalue weighted by molar-refractivity contribution is 5.87. The molecular weight excluding hydrogens is 224 g/mol. The number of hydrogen-bond acceptors (Lipinski definition) is 4. The molecule has 1 rings (SSSR count). The zero-order chi connectivity index (χ0) is 13.3. The van der Waals surface area contributed by atoms with Gasteiger partial charge in [-0.2, -0.15) is 0 Å². The van der Waals surface area contributed by atoms with Crippen molar-refractivity contribution in [1.82, 2.24) is 0 Å². The predicted octanol–water partition coefficient (Wildman–Crippen LogP) is 2.09. The zero-order valence-corrected chi connectivity index (χ0v) is 9.67. The van der Waals surface area contributed by atoms with Gasteiger partial charge >= 0.3 is 11.9 Å².